The molecule has 0 saturated carbocycles. The molecule has 3 nitrogen and oxygen atoms in total. The minimum absolute atomic E-state index is 0.248. The van der Waals surface area contributed by atoms with E-state index >= 15 is 0 Å². The van der Waals surface area contributed by atoms with Gasteiger partial charge >= 0.3 is 5.97 Å². The smallest absolute Gasteiger partial charge is 0.310 e. The fraction of sp³-hybridized carbons (Fsp3) is 0.417. The fourth-order valence-corrected chi connectivity index (χ4v) is 1.11. The highest BCUT2D eigenvalue weighted by molar-refractivity contribution is 5.72. The van der Waals surface area contributed by atoms with Crippen molar-refractivity contribution in [1.29, 1.82) is 0 Å². The summed E-state index contributed by atoms with van der Waals surface area (Å²) in [6.07, 6.45) is -0.844. The molecule has 0 bridgehead atoms. The molecule has 1 N–H and O–H groups in total. The van der Waals surface area contributed by atoms with Crippen molar-refractivity contribution in [2.24, 2.45) is 0 Å². The minimum Gasteiger partial charge on any atom is -0.460 e. The van der Waals surface area contributed by atoms with Gasteiger partial charge in [0, 0.05) is 0 Å². The van der Waals surface area contributed by atoms with E-state index in [4.69, 9.17) is 9.84 Å². The van der Waals surface area contributed by atoms with Crippen LogP contribution < -0.4 is 0 Å². The van der Waals surface area contributed by atoms with Crippen LogP contribution in [0.15, 0.2) is 30.3 Å². The molecule has 82 valence electrons. The molecule has 2 unspecified atom stereocenters. The first kappa shape index (κ1) is 11.7. The van der Waals surface area contributed by atoms with E-state index in [1.807, 2.05) is 30.3 Å². The van der Waals surface area contributed by atoms with E-state index in [2.05, 4.69) is 0 Å². The SMILES string of the molecule is CC(O)C(C)OC(=O)Cc1ccccc1. The molecule has 0 heterocycles. The van der Waals surface area contributed by atoms with E-state index in [1.54, 1.807) is 13.8 Å². The van der Waals surface area contributed by atoms with E-state index in [0.717, 1.165) is 5.56 Å². The molecule has 0 aliphatic heterocycles. The van der Waals surface area contributed by atoms with Gasteiger partial charge in [-0.05, 0) is 19.4 Å². The van der Waals surface area contributed by atoms with E-state index in [1.165, 1.54) is 0 Å². The van der Waals surface area contributed by atoms with Crippen LogP contribution in [-0.2, 0) is 16.0 Å². The van der Waals surface area contributed by atoms with Gasteiger partial charge in [0.1, 0.15) is 6.10 Å². The zero-order chi connectivity index (χ0) is 11.3. The first-order valence-electron chi connectivity index (χ1n) is 5.01. The Morgan fingerprint density at radius 3 is 2.47 bits per heavy atom. The second kappa shape index (κ2) is 5.51. The number of carbonyl (C=O) groups is 1. The third kappa shape index (κ3) is 4.13. The second-order valence-electron chi connectivity index (χ2n) is 3.60. The van der Waals surface area contributed by atoms with Crippen molar-refractivity contribution >= 4 is 5.97 Å². The van der Waals surface area contributed by atoms with Crippen molar-refractivity contribution in [3.05, 3.63) is 35.9 Å². The van der Waals surface area contributed by atoms with Crippen LogP contribution in [0.5, 0.6) is 0 Å². The van der Waals surface area contributed by atoms with Crippen molar-refractivity contribution < 1.29 is 14.6 Å². The maximum atomic E-state index is 11.4. The van der Waals surface area contributed by atoms with Gasteiger partial charge in [0.05, 0.1) is 12.5 Å². The molecule has 1 aromatic rings. The number of hydrogen-bond acceptors (Lipinski definition) is 3. The van der Waals surface area contributed by atoms with Crippen LogP contribution in [0.2, 0.25) is 0 Å². The molecule has 0 fully saturated rings. The molecular weight excluding hydrogens is 192 g/mol. The highest BCUT2D eigenvalue weighted by atomic mass is 16.6. The summed E-state index contributed by atoms with van der Waals surface area (Å²) >= 11 is 0. The van der Waals surface area contributed by atoms with Gasteiger partial charge in [0.15, 0.2) is 0 Å². The molecule has 1 aromatic carbocycles. The topological polar surface area (TPSA) is 46.5 Å². The van der Waals surface area contributed by atoms with Gasteiger partial charge in [0.2, 0.25) is 0 Å². The van der Waals surface area contributed by atoms with E-state index in [9.17, 15) is 4.79 Å². The lowest BCUT2D eigenvalue weighted by Gasteiger charge is -2.15. The number of aliphatic hydroxyl groups excluding tert-OH is 1. The quantitative estimate of drug-likeness (QED) is 0.763. The predicted molar refractivity (Wildman–Crippen MR) is 57.4 cm³/mol. The monoisotopic (exact) mass is 208 g/mol. The first-order valence-corrected chi connectivity index (χ1v) is 5.01. The Balaban J connectivity index is 2.43. The van der Waals surface area contributed by atoms with Gasteiger partial charge in [-0.1, -0.05) is 30.3 Å². The van der Waals surface area contributed by atoms with Gasteiger partial charge in [-0.25, -0.2) is 0 Å². The van der Waals surface area contributed by atoms with Crippen molar-refractivity contribution in [2.45, 2.75) is 32.5 Å². The maximum Gasteiger partial charge on any atom is 0.310 e. The van der Waals surface area contributed by atoms with Crippen LogP contribution in [0.1, 0.15) is 19.4 Å². The average Bonchev–Trinajstić information content (AvgIpc) is 2.18. The van der Waals surface area contributed by atoms with Crippen molar-refractivity contribution in [2.75, 3.05) is 0 Å². The number of benzene rings is 1. The highest BCUT2D eigenvalue weighted by Gasteiger charge is 2.14. The molecule has 3 heteroatoms. The molecule has 0 aliphatic carbocycles. The van der Waals surface area contributed by atoms with Gasteiger partial charge in [-0.3, -0.25) is 4.79 Å². The van der Waals surface area contributed by atoms with Gasteiger partial charge < -0.3 is 9.84 Å². The van der Waals surface area contributed by atoms with Crippen molar-refractivity contribution in [3.63, 3.8) is 0 Å². The summed E-state index contributed by atoms with van der Waals surface area (Å²) in [7, 11) is 0. The molecule has 1 rings (SSSR count). The largest absolute Gasteiger partial charge is 0.460 e. The highest BCUT2D eigenvalue weighted by Crippen LogP contribution is 2.04. The number of aliphatic hydroxyl groups is 1. The van der Waals surface area contributed by atoms with E-state index in [0.29, 0.717) is 0 Å². The van der Waals surface area contributed by atoms with Crippen LogP contribution in [-0.4, -0.2) is 23.3 Å². The summed E-state index contributed by atoms with van der Waals surface area (Å²) in [5, 5.41) is 9.16. The second-order valence-corrected chi connectivity index (χ2v) is 3.60. The van der Waals surface area contributed by atoms with Crippen LogP contribution in [0.4, 0.5) is 0 Å². The molecule has 0 aromatic heterocycles. The molecule has 0 aliphatic rings. The summed E-state index contributed by atoms with van der Waals surface area (Å²) in [4.78, 5) is 11.4. The lowest BCUT2D eigenvalue weighted by atomic mass is 10.1. The Morgan fingerprint density at radius 2 is 1.93 bits per heavy atom. The van der Waals surface area contributed by atoms with Crippen molar-refractivity contribution in [3.8, 4) is 0 Å². The summed E-state index contributed by atoms with van der Waals surface area (Å²) in [6.45, 7) is 3.27. The Labute approximate surface area is 89.7 Å². The van der Waals surface area contributed by atoms with Crippen LogP contribution in [0.25, 0.3) is 0 Å². The minimum atomic E-state index is -0.635. The zero-order valence-electron chi connectivity index (χ0n) is 9.01. The van der Waals surface area contributed by atoms with E-state index in [-0.39, 0.29) is 12.4 Å². The fourth-order valence-electron chi connectivity index (χ4n) is 1.11. The number of carbonyl (C=O) groups excluding carboxylic acids is 1. The molecule has 2 atom stereocenters. The molecule has 0 spiro atoms. The molecule has 0 amide bonds. The molecule has 0 saturated heterocycles. The van der Waals surface area contributed by atoms with Gasteiger partial charge in [0.25, 0.3) is 0 Å². The average molecular weight is 208 g/mol. The third-order valence-electron chi connectivity index (χ3n) is 2.19. The Morgan fingerprint density at radius 1 is 1.33 bits per heavy atom. The lowest BCUT2D eigenvalue weighted by molar-refractivity contribution is -0.152. The summed E-state index contributed by atoms with van der Waals surface area (Å²) in [5.74, 6) is -0.311. The number of hydrogen-bond donors (Lipinski definition) is 1. The number of esters is 1. The van der Waals surface area contributed by atoms with Crippen LogP contribution in [0.3, 0.4) is 0 Å². The first-order chi connectivity index (χ1) is 7.09. The number of rotatable bonds is 4. The predicted octanol–water partition coefficient (Wildman–Crippen LogP) is 1.54. The van der Waals surface area contributed by atoms with Crippen LogP contribution >= 0.6 is 0 Å². The van der Waals surface area contributed by atoms with Crippen LogP contribution in [0, 0.1) is 0 Å². The van der Waals surface area contributed by atoms with Gasteiger partial charge in [-0.2, -0.15) is 0 Å². The van der Waals surface area contributed by atoms with Crippen molar-refractivity contribution in [1.82, 2.24) is 0 Å². The number of ether oxygens (including phenoxy) is 1. The zero-order valence-corrected chi connectivity index (χ0v) is 9.01. The molecular formula is C12H16O3. The molecule has 0 radical (unpaired) electrons. The maximum absolute atomic E-state index is 11.4. The lowest BCUT2D eigenvalue weighted by Crippen LogP contribution is -2.26. The summed E-state index contributed by atoms with van der Waals surface area (Å²) in [6, 6.07) is 9.39. The normalized spacial score (nSPS) is 14.3. The van der Waals surface area contributed by atoms with E-state index < -0.39 is 12.2 Å². The van der Waals surface area contributed by atoms with Gasteiger partial charge in [-0.15, -0.1) is 0 Å². The Bertz CT molecular complexity index is 306. The Hall–Kier alpha value is -1.35. The standard InChI is InChI=1S/C12H16O3/c1-9(13)10(2)15-12(14)8-11-6-4-3-5-7-11/h3-7,9-10,13H,8H2,1-2H3. The summed E-state index contributed by atoms with van der Waals surface area (Å²) in [5.41, 5.74) is 0.917. The molecule has 15 heavy (non-hydrogen) atoms. The Kier molecular flexibility index (Phi) is 4.31. The summed E-state index contributed by atoms with van der Waals surface area (Å²) < 4.78 is 5.03. The third-order valence-corrected chi connectivity index (χ3v) is 2.19.